The van der Waals surface area contributed by atoms with Gasteiger partial charge in [0, 0.05) is 10.3 Å². The zero-order valence-electron chi connectivity index (χ0n) is 11.8. The van der Waals surface area contributed by atoms with Gasteiger partial charge in [0.1, 0.15) is 0 Å². The summed E-state index contributed by atoms with van der Waals surface area (Å²) in [7, 11) is 0. The van der Waals surface area contributed by atoms with E-state index < -0.39 is 5.41 Å². The van der Waals surface area contributed by atoms with Gasteiger partial charge in [-0.1, -0.05) is 20.8 Å². The second-order valence-corrected chi connectivity index (χ2v) is 7.26. The van der Waals surface area contributed by atoms with E-state index in [2.05, 4.69) is 5.32 Å². The maximum absolute atomic E-state index is 12.0. The van der Waals surface area contributed by atoms with Crippen LogP contribution in [0.15, 0.2) is 6.07 Å². The minimum Gasteiger partial charge on any atom is -0.344 e. The monoisotopic (exact) mass is 279 g/mol. The molecule has 0 bridgehead atoms. The van der Waals surface area contributed by atoms with Gasteiger partial charge in [-0.2, -0.15) is 0 Å². The van der Waals surface area contributed by atoms with Gasteiger partial charge in [0.2, 0.25) is 0 Å². The Morgan fingerprint density at radius 1 is 1.26 bits per heavy atom. The molecular weight excluding hydrogens is 258 g/mol. The lowest BCUT2D eigenvalue weighted by Crippen LogP contribution is -2.35. The van der Waals surface area contributed by atoms with E-state index in [4.69, 9.17) is 0 Å². The maximum Gasteiger partial charge on any atom is 0.261 e. The summed E-state index contributed by atoms with van der Waals surface area (Å²) in [5.74, 6) is -0.0563. The van der Waals surface area contributed by atoms with Gasteiger partial charge in [-0.25, -0.2) is 0 Å². The lowest BCUT2D eigenvalue weighted by molar-refractivity contribution is -0.125. The number of hydrogen-bond donors (Lipinski definition) is 1. The highest BCUT2D eigenvalue weighted by Gasteiger charge is 2.22. The third-order valence-corrected chi connectivity index (χ3v) is 4.70. The van der Waals surface area contributed by atoms with Crippen LogP contribution in [0.5, 0.6) is 0 Å². The van der Waals surface area contributed by atoms with E-state index in [9.17, 15) is 9.59 Å². The number of aryl methyl sites for hydroxylation is 2. The zero-order valence-corrected chi connectivity index (χ0v) is 12.7. The van der Waals surface area contributed by atoms with Crippen LogP contribution in [0.2, 0.25) is 0 Å². The largest absolute Gasteiger partial charge is 0.344 e. The average Bonchev–Trinajstić information content (AvgIpc) is 2.78. The summed E-state index contributed by atoms with van der Waals surface area (Å²) in [4.78, 5) is 25.9. The summed E-state index contributed by atoms with van der Waals surface area (Å²) in [6.07, 6.45) is 4.61. The third kappa shape index (κ3) is 3.44. The molecule has 1 aliphatic carbocycles. The predicted molar refractivity (Wildman–Crippen MR) is 77.8 cm³/mol. The number of fused-ring (bicyclic) bond motifs is 1. The van der Waals surface area contributed by atoms with Crippen LogP contribution in [0.4, 0.5) is 0 Å². The smallest absolute Gasteiger partial charge is 0.261 e. The van der Waals surface area contributed by atoms with Gasteiger partial charge in [-0.15, -0.1) is 11.3 Å². The Morgan fingerprint density at radius 3 is 2.58 bits per heavy atom. The molecule has 1 aromatic rings. The summed E-state index contributed by atoms with van der Waals surface area (Å²) in [6, 6.07) is 2.00. The lowest BCUT2D eigenvalue weighted by Gasteiger charge is -2.16. The molecule has 1 aliphatic rings. The molecular formula is C15H21NO2S. The highest BCUT2D eigenvalue weighted by atomic mass is 32.1. The van der Waals surface area contributed by atoms with Crippen LogP contribution in [0, 0.1) is 5.41 Å². The topological polar surface area (TPSA) is 46.2 Å². The van der Waals surface area contributed by atoms with E-state index in [0.717, 1.165) is 17.7 Å². The Morgan fingerprint density at radius 2 is 1.95 bits per heavy atom. The van der Waals surface area contributed by atoms with Crippen molar-refractivity contribution in [2.45, 2.75) is 46.5 Å². The molecule has 0 aliphatic heterocycles. The fraction of sp³-hybridized carbons (Fsp3) is 0.600. The second kappa shape index (κ2) is 5.45. The van der Waals surface area contributed by atoms with Crippen LogP contribution < -0.4 is 5.32 Å². The van der Waals surface area contributed by atoms with Crippen molar-refractivity contribution in [1.29, 1.82) is 0 Å². The standard InChI is InChI=1S/C15H21NO2S/c1-15(2,3)13(17)9-16-14(18)12-8-10-6-4-5-7-11(10)19-12/h8H,4-7,9H2,1-3H3,(H,16,18). The molecule has 0 unspecified atom stereocenters. The van der Waals surface area contributed by atoms with Crippen LogP contribution in [0.3, 0.4) is 0 Å². The summed E-state index contributed by atoms with van der Waals surface area (Å²) >= 11 is 1.58. The Bertz CT molecular complexity index is 473. The van der Waals surface area contributed by atoms with Crippen LogP contribution in [-0.4, -0.2) is 18.2 Å². The van der Waals surface area contributed by atoms with Crippen molar-refractivity contribution in [3.63, 3.8) is 0 Å². The molecule has 0 saturated carbocycles. The van der Waals surface area contributed by atoms with E-state index in [1.54, 1.807) is 11.3 Å². The Kier molecular flexibility index (Phi) is 4.09. The number of nitrogens with one attached hydrogen (secondary N) is 1. The second-order valence-electron chi connectivity index (χ2n) is 6.12. The quantitative estimate of drug-likeness (QED) is 0.924. The van der Waals surface area contributed by atoms with E-state index in [1.165, 1.54) is 23.3 Å². The summed E-state index contributed by atoms with van der Waals surface area (Å²) in [6.45, 7) is 5.72. The number of carbonyl (C=O) groups excluding carboxylic acids is 2. The molecule has 1 aromatic heterocycles. The first-order chi connectivity index (χ1) is 8.88. The number of ketones is 1. The van der Waals surface area contributed by atoms with Gasteiger partial charge < -0.3 is 5.32 Å². The first kappa shape index (κ1) is 14.3. The zero-order chi connectivity index (χ0) is 14.0. The van der Waals surface area contributed by atoms with Crippen LogP contribution >= 0.6 is 11.3 Å². The van der Waals surface area contributed by atoms with Crippen molar-refractivity contribution in [3.05, 3.63) is 21.4 Å². The summed E-state index contributed by atoms with van der Waals surface area (Å²) in [5, 5.41) is 2.74. The van der Waals surface area contributed by atoms with Gasteiger partial charge in [0.25, 0.3) is 5.91 Å². The van der Waals surface area contributed by atoms with Gasteiger partial charge in [-0.05, 0) is 37.3 Å². The molecule has 1 N–H and O–H groups in total. The van der Waals surface area contributed by atoms with Crippen molar-refractivity contribution in [2.75, 3.05) is 6.54 Å². The van der Waals surface area contributed by atoms with Gasteiger partial charge in [-0.3, -0.25) is 9.59 Å². The number of amides is 1. The van der Waals surface area contributed by atoms with Crippen LogP contribution in [0.25, 0.3) is 0 Å². The van der Waals surface area contributed by atoms with Gasteiger partial charge in [0.05, 0.1) is 11.4 Å². The van der Waals surface area contributed by atoms with Crippen molar-refractivity contribution in [3.8, 4) is 0 Å². The summed E-state index contributed by atoms with van der Waals surface area (Å²) in [5.41, 5.74) is 0.922. The highest BCUT2D eigenvalue weighted by Crippen LogP contribution is 2.29. The van der Waals surface area contributed by atoms with E-state index in [1.807, 2.05) is 26.8 Å². The van der Waals surface area contributed by atoms with E-state index >= 15 is 0 Å². The maximum atomic E-state index is 12.0. The van der Waals surface area contributed by atoms with Crippen LogP contribution in [-0.2, 0) is 17.6 Å². The molecule has 19 heavy (non-hydrogen) atoms. The molecule has 3 nitrogen and oxygen atoms in total. The molecule has 0 radical (unpaired) electrons. The molecule has 4 heteroatoms. The first-order valence-electron chi connectivity index (χ1n) is 6.81. The molecule has 2 rings (SSSR count). The van der Waals surface area contributed by atoms with Crippen molar-refractivity contribution in [1.82, 2.24) is 5.32 Å². The SMILES string of the molecule is CC(C)(C)C(=O)CNC(=O)c1cc2c(s1)CCCC2. The Labute approximate surface area is 118 Å². The minimum atomic E-state index is -0.401. The molecule has 1 amide bonds. The number of hydrogen-bond acceptors (Lipinski definition) is 3. The van der Waals surface area contributed by atoms with Gasteiger partial charge in [0.15, 0.2) is 5.78 Å². The van der Waals surface area contributed by atoms with Gasteiger partial charge >= 0.3 is 0 Å². The Hall–Kier alpha value is -1.16. The van der Waals surface area contributed by atoms with Crippen molar-refractivity contribution in [2.24, 2.45) is 5.41 Å². The molecule has 0 aromatic carbocycles. The minimum absolute atomic E-state index is 0.0576. The normalized spacial score (nSPS) is 14.9. The van der Waals surface area contributed by atoms with Crippen molar-refractivity contribution >= 4 is 23.0 Å². The lowest BCUT2D eigenvalue weighted by atomic mass is 9.91. The Balaban J connectivity index is 1.97. The van der Waals surface area contributed by atoms with E-state index in [0.29, 0.717) is 0 Å². The molecule has 0 atom stereocenters. The first-order valence-corrected chi connectivity index (χ1v) is 7.62. The van der Waals surface area contributed by atoms with Crippen LogP contribution in [0.1, 0.15) is 53.7 Å². The number of Topliss-reactive ketones (excluding diaryl/α,β-unsaturated/α-hetero) is 1. The summed E-state index contributed by atoms with van der Waals surface area (Å²) < 4.78 is 0. The number of thiophene rings is 1. The molecule has 104 valence electrons. The fourth-order valence-electron chi connectivity index (χ4n) is 2.12. The van der Waals surface area contributed by atoms with Crippen molar-refractivity contribution < 1.29 is 9.59 Å². The molecule has 0 spiro atoms. The molecule has 0 saturated heterocycles. The molecule has 1 heterocycles. The number of carbonyl (C=O) groups is 2. The average molecular weight is 279 g/mol. The molecule has 0 fully saturated rings. The third-order valence-electron chi connectivity index (χ3n) is 3.47. The number of rotatable bonds is 3. The predicted octanol–water partition coefficient (Wildman–Crippen LogP) is 2.97. The van der Waals surface area contributed by atoms with E-state index in [-0.39, 0.29) is 18.2 Å². The fourth-order valence-corrected chi connectivity index (χ4v) is 3.29. The highest BCUT2D eigenvalue weighted by molar-refractivity contribution is 7.14.